The molecule has 9 heteroatoms. The van der Waals surface area contributed by atoms with Crippen LogP contribution >= 0.6 is 0 Å². The summed E-state index contributed by atoms with van der Waals surface area (Å²) >= 11 is 0. The minimum Gasteiger partial charge on any atom is -0.496 e. The molecule has 2 aromatic heterocycles. The number of nitrogens with zero attached hydrogens (tertiary/aromatic N) is 5. The number of fused-ring (bicyclic) bond motifs is 1. The Labute approximate surface area is 219 Å². The quantitative estimate of drug-likeness (QED) is 0.312. The van der Waals surface area contributed by atoms with Crippen LogP contribution in [0.25, 0.3) is 10.9 Å². The number of aryl methyl sites for hydroxylation is 2. The Morgan fingerprint density at radius 1 is 0.947 bits per heavy atom. The van der Waals surface area contributed by atoms with Gasteiger partial charge in [0, 0.05) is 29.6 Å². The van der Waals surface area contributed by atoms with E-state index in [1.807, 2.05) is 50.2 Å². The monoisotopic (exact) mass is 512 g/mol. The van der Waals surface area contributed by atoms with E-state index < -0.39 is 0 Å². The predicted molar refractivity (Wildman–Crippen MR) is 143 cm³/mol. The molecular weight excluding hydrogens is 483 g/mol. The van der Waals surface area contributed by atoms with Gasteiger partial charge in [0.25, 0.3) is 5.56 Å². The average Bonchev–Trinajstić information content (AvgIpc) is 3.35. The van der Waals surface area contributed by atoms with Crippen LogP contribution in [0.1, 0.15) is 33.6 Å². The van der Waals surface area contributed by atoms with Crippen molar-refractivity contribution < 1.29 is 9.13 Å². The van der Waals surface area contributed by atoms with Crippen molar-refractivity contribution in [3.63, 3.8) is 0 Å². The Hall–Kier alpha value is -4.37. The van der Waals surface area contributed by atoms with Crippen molar-refractivity contribution >= 4 is 10.9 Å². The molecular formula is C29H29FN6O2. The number of para-hydroxylation sites is 1. The van der Waals surface area contributed by atoms with Gasteiger partial charge in [0.05, 0.1) is 25.7 Å². The van der Waals surface area contributed by atoms with E-state index in [0.29, 0.717) is 37.6 Å². The summed E-state index contributed by atoms with van der Waals surface area (Å²) in [4.78, 5) is 18.4. The summed E-state index contributed by atoms with van der Waals surface area (Å²) in [5.41, 5.74) is 5.38. The molecule has 0 aliphatic heterocycles. The van der Waals surface area contributed by atoms with Crippen molar-refractivity contribution in [1.82, 2.24) is 30.1 Å². The van der Waals surface area contributed by atoms with E-state index in [1.165, 1.54) is 12.1 Å². The van der Waals surface area contributed by atoms with Gasteiger partial charge in [-0.15, -0.1) is 5.10 Å². The molecule has 8 nitrogen and oxygen atoms in total. The largest absolute Gasteiger partial charge is 0.496 e. The van der Waals surface area contributed by atoms with E-state index >= 15 is 0 Å². The van der Waals surface area contributed by atoms with Gasteiger partial charge < -0.3 is 9.72 Å². The maximum absolute atomic E-state index is 13.4. The third-order valence-corrected chi connectivity index (χ3v) is 6.72. The van der Waals surface area contributed by atoms with Gasteiger partial charge in [-0.25, -0.2) is 9.07 Å². The summed E-state index contributed by atoms with van der Waals surface area (Å²) in [5.74, 6) is 1.11. The van der Waals surface area contributed by atoms with Gasteiger partial charge in [-0.2, -0.15) is 0 Å². The highest BCUT2D eigenvalue weighted by Crippen LogP contribution is 2.23. The molecule has 0 spiro atoms. The van der Waals surface area contributed by atoms with Gasteiger partial charge in [-0.05, 0) is 65.2 Å². The summed E-state index contributed by atoms with van der Waals surface area (Å²) in [6.07, 6.45) is 0. The number of methoxy groups -OCH3 is 1. The van der Waals surface area contributed by atoms with Crippen LogP contribution in [0, 0.1) is 19.7 Å². The Bertz CT molecular complexity index is 1630. The molecule has 0 radical (unpaired) electrons. The van der Waals surface area contributed by atoms with E-state index in [9.17, 15) is 9.18 Å². The highest BCUT2D eigenvalue weighted by Gasteiger charge is 2.18. The van der Waals surface area contributed by atoms with Gasteiger partial charge in [0.15, 0.2) is 5.82 Å². The van der Waals surface area contributed by atoms with Crippen LogP contribution in [-0.2, 0) is 26.2 Å². The number of hydrogen-bond donors (Lipinski definition) is 1. The van der Waals surface area contributed by atoms with Crippen molar-refractivity contribution in [3.05, 3.63) is 117 Å². The van der Waals surface area contributed by atoms with E-state index in [-0.39, 0.29) is 11.4 Å². The maximum Gasteiger partial charge on any atom is 0.252 e. The number of ether oxygens (including phenoxy) is 1. The van der Waals surface area contributed by atoms with Crippen LogP contribution in [0.3, 0.4) is 0 Å². The topological polar surface area (TPSA) is 88.9 Å². The van der Waals surface area contributed by atoms with Crippen LogP contribution in [0.15, 0.2) is 71.5 Å². The lowest BCUT2D eigenvalue weighted by atomic mass is 10.0. The lowest BCUT2D eigenvalue weighted by Crippen LogP contribution is -2.28. The molecule has 194 valence electrons. The molecule has 38 heavy (non-hydrogen) atoms. The fourth-order valence-electron chi connectivity index (χ4n) is 4.64. The molecule has 0 saturated heterocycles. The number of aromatic amines is 1. The van der Waals surface area contributed by atoms with Crippen molar-refractivity contribution in [2.45, 2.75) is 40.0 Å². The molecule has 0 atom stereocenters. The summed E-state index contributed by atoms with van der Waals surface area (Å²) in [5, 5.41) is 13.3. The van der Waals surface area contributed by atoms with Crippen molar-refractivity contribution in [1.29, 1.82) is 0 Å². The number of halogens is 1. The molecule has 5 rings (SSSR count). The molecule has 0 aliphatic carbocycles. The normalized spacial score (nSPS) is 11.4. The molecule has 0 saturated carbocycles. The van der Waals surface area contributed by atoms with Crippen molar-refractivity contribution in [2.24, 2.45) is 0 Å². The average molecular weight is 513 g/mol. The minimum absolute atomic E-state index is 0.123. The molecule has 2 heterocycles. The second-order valence-electron chi connectivity index (χ2n) is 9.45. The van der Waals surface area contributed by atoms with Crippen LogP contribution in [0.2, 0.25) is 0 Å². The third kappa shape index (κ3) is 5.47. The second kappa shape index (κ2) is 10.9. The summed E-state index contributed by atoms with van der Waals surface area (Å²) in [7, 11) is 1.64. The highest BCUT2D eigenvalue weighted by atomic mass is 19.1. The summed E-state index contributed by atoms with van der Waals surface area (Å²) in [6.45, 7) is 5.71. The Morgan fingerprint density at radius 3 is 2.47 bits per heavy atom. The first kappa shape index (κ1) is 25.3. The number of tetrazole rings is 1. The van der Waals surface area contributed by atoms with Gasteiger partial charge >= 0.3 is 0 Å². The number of aromatic nitrogens is 5. The van der Waals surface area contributed by atoms with Crippen molar-refractivity contribution in [3.8, 4) is 5.75 Å². The van der Waals surface area contributed by atoms with E-state index in [4.69, 9.17) is 4.74 Å². The Balaban J connectivity index is 1.48. The number of hydrogen-bond acceptors (Lipinski definition) is 6. The lowest BCUT2D eigenvalue weighted by molar-refractivity contribution is 0.232. The first-order valence-electron chi connectivity index (χ1n) is 12.4. The first-order chi connectivity index (χ1) is 18.4. The molecule has 0 amide bonds. The third-order valence-electron chi connectivity index (χ3n) is 6.72. The van der Waals surface area contributed by atoms with Crippen LogP contribution in [0.5, 0.6) is 5.75 Å². The molecule has 5 aromatic rings. The zero-order valence-electron chi connectivity index (χ0n) is 21.6. The fraction of sp³-hybridized carbons (Fsp3) is 0.241. The smallest absolute Gasteiger partial charge is 0.252 e. The van der Waals surface area contributed by atoms with Crippen LogP contribution in [-0.4, -0.2) is 37.2 Å². The molecule has 0 unspecified atom stereocenters. The first-order valence-corrected chi connectivity index (χ1v) is 12.4. The lowest BCUT2D eigenvalue weighted by Gasteiger charge is -2.23. The molecule has 0 aliphatic rings. The zero-order chi connectivity index (χ0) is 26.6. The van der Waals surface area contributed by atoms with E-state index in [0.717, 1.165) is 38.9 Å². The molecule has 0 bridgehead atoms. The number of rotatable bonds is 9. The standard InChI is InChI=1S/C29H29FN6O2/c1-19-8-9-20(2)28-25(19)14-23(29(37)31-28)17-35(16-22-6-4-5-7-26(22)38-3)18-27-32-33-34-36(27)15-21-10-12-24(30)13-11-21/h4-14H,15-18H2,1-3H3,(H,31,37). The fourth-order valence-corrected chi connectivity index (χ4v) is 4.64. The molecule has 3 aromatic carbocycles. The zero-order valence-corrected chi connectivity index (χ0v) is 21.6. The maximum atomic E-state index is 13.4. The van der Waals surface area contributed by atoms with Crippen molar-refractivity contribution in [2.75, 3.05) is 7.11 Å². The molecule has 1 N–H and O–H groups in total. The number of H-pyrrole nitrogens is 1. The Morgan fingerprint density at radius 2 is 1.68 bits per heavy atom. The van der Waals surface area contributed by atoms with Crippen LogP contribution in [0.4, 0.5) is 4.39 Å². The highest BCUT2D eigenvalue weighted by molar-refractivity contribution is 5.85. The minimum atomic E-state index is -0.292. The molecule has 0 fully saturated rings. The summed E-state index contributed by atoms with van der Waals surface area (Å²) < 4.78 is 20.7. The van der Waals surface area contributed by atoms with Crippen LogP contribution < -0.4 is 10.3 Å². The Kier molecular flexibility index (Phi) is 7.28. The van der Waals surface area contributed by atoms with Gasteiger partial charge in [-0.3, -0.25) is 9.69 Å². The van der Waals surface area contributed by atoms with Gasteiger partial charge in [0.1, 0.15) is 11.6 Å². The SMILES string of the molecule is COc1ccccc1CN(Cc1cc2c(C)ccc(C)c2[nH]c1=O)Cc1nnnn1Cc1ccc(F)cc1. The van der Waals surface area contributed by atoms with E-state index in [2.05, 4.69) is 31.5 Å². The van der Waals surface area contributed by atoms with Gasteiger partial charge in [-0.1, -0.05) is 42.5 Å². The number of nitrogens with one attached hydrogen (secondary N) is 1. The second-order valence-corrected chi connectivity index (χ2v) is 9.45. The predicted octanol–water partition coefficient (Wildman–Crippen LogP) is 4.53. The number of benzene rings is 3. The van der Waals surface area contributed by atoms with E-state index in [1.54, 1.807) is 23.9 Å². The van der Waals surface area contributed by atoms with Gasteiger partial charge in [0.2, 0.25) is 0 Å². The summed E-state index contributed by atoms with van der Waals surface area (Å²) in [6, 6.07) is 20.1. The number of pyridine rings is 1.